The zero-order chi connectivity index (χ0) is 13.7. The van der Waals surface area contributed by atoms with Gasteiger partial charge in [0.2, 0.25) is 5.91 Å². The molecule has 0 spiro atoms. The smallest absolute Gasteiger partial charge is 0.221 e. The van der Waals surface area contributed by atoms with Gasteiger partial charge < -0.3 is 30.5 Å². The first-order chi connectivity index (χ1) is 8.51. The highest BCUT2D eigenvalue weighted by molar-refractivity contribution is 5.76. The highest BCUT2D eigenvalue weighted by Crippen LogP contribution is 2.19. The minimum Gasteiger partial charge on any atom is -0.394 e. The average Bonchev–Trinajstić information content (AvgIpc) is 2.36. The maximum Gasteiger partial charge on any atom is 0.221 e. The van der Waals surface area contributed by atoms with E-state index in [9.17, 15) is 20.1 Å². The number of hydrogen-bond donors (Lipinski definition) is 5. The number of terminal acetylenes is 1. The molecule has 0 radical (unpaired) electrons. The summed E-state index contributed by atoms with van der Waals surface area (Å²) >= 11 is 0. The van der Waals surface area contributed by atoms with Gasteiger partial charge >= 0.3 is 0 Å². The van der Waals surface area contributed by atoms with Crippen molar-refractivity contribution in [2.75, 3.05) is 6.61 Å². The maximum absolute atomic E-state index is 11.4. The van der Waals surface area contributed by atoms with Gasteiger partial charge in [-0.3, -0.25) is 4.79 Å². The molecule has 5 atom stereocenters. The Hall–Kier alpha value is -1.17. The van der Waals surface area contributed by atoms with E-state index in [0.29, 0.717) is 0 Å². The second-order valence-corrected chi connectivity index (χ2v) is 4.03. The van der Waals surface area contributed by atoms with Crippen LogP contribution < -0.4 is 5.32 Å². The van der Waals surface area contributed by atoms with Gasteiger partial charge in [0, 0.05) is 12.8 Å². The van der Waals surface area contributed by atoms with E-state index in [1.54, 1.807) is 0 Å². The van der Waals surface area contributed by atoms with Crippen molar-refractivity contribution in [3.05, 3.63) is 0 Å². The second kappa shape index (κ2) is 6.68. The Kier molecular flexibility index (Phi) is 5.53. The molecule has 1 aliphatic heterocycles. The highest BCUT2D eigenvalue weighted by atomic mass is 16.6. The predicted molar refractivity (Wildman–Crippen MR) is 60.0 cm³/mol. The van der Waals surface area contributed by atoms with Crippen LogP contribution in [0, 0.1) is 12.3 Å². The summed E-state index contributed by atoms with van der Waals surface area (Å²) in [4.78, 5) is 11.4. The summed E-state index contributed by atoms with van der Waals surface area (Å²) in [5, 5.41) is 40.1. The van der Waals surface area contributed by atoms with Gasteiger partial charge in [0.1, 0.15) is 24.4 Å². The number of nitrogens with one attached hydrogen (secondary N) is 1. The molecule has 0 aromatic heterocycles. The van der Waals surface area contributed by atoms with E-state index in [1.165, 1.54) is 0 Å². The third-order valence-electron chi connectivity index (χ3n) is 2.72. The van der Waals surface area contributed by atoms with E-state index < -0.39 is 43.2 Å². The van der Waals surface area contributed by atoms with E-state index in [4.69, 9.17) is 16.3 Å². The molecule has 1 aliphatic rings. The lowest BCUT2D eigenvalue weighted by Gasteiger charge is -2.40. The fourth-order valence-electron chi connectivity index (χ4n) is 1.70. The fourth-order valence-corrected chi connectivity index (χ4v) is 1.70. The normalized spacial score (nSPS) is 35.8. The van der Waals surface area contributed by atoms with Crippen molar-refractivity contribution >= 4 is 5.91 Å². The van der Waals surface area contributed by atoms with E-state index in [-0.39, 0.29) is 12.8 Å². The number of aliphatic hydroxyl groups is 4. The molecule has 5 N–H and O–H groups in total. The van der Waals surface area contributed by atoms with Crippen LogP contribution >= 0.6 is 0 Å². The molecule has 18 heavy (non-hydrogen) atoms. The Labute approximate surface area is 104 Å². The first-order valence-electron chi connectivity index (χ1n) is 5.54. The van der Waals surface area contributed by atoms with Gasteiger partial charge in [-0.15, -0.1) is 12.3 Å². The van der Waals surface area contributed by atoms with Crippen LogP contribution in [0.25, 0.3) is 0 Å². The predicted octanol–water partition coefficient (Wildman–Crippen LogP) is -2.68. The van der Waals surface area contributed by atoms with Crippen LogP contribution in [0.15, 0.2) is 0 Å². The van der Waals surface area contributed by atoms with Crippen LogP contribution in [-0.4, -0.2) is 63.6 Å². The minimum absolute atomic E-state index is 0.0476. The largest absolute Gasteiger partial charge is 0.394 e. The fraction of sp³-hybridized carbons (Fsp3) is 0.727. The van der Waals surface area contributed by atoms with Gasteiger partial charge in [-0.25, -0.2) is 0 Å². The molecule has 1 amide bonds. The van der Waals surface area contributed by atoms with Crippen LogP contribution in [0.2, 0.25) is 0 Å². The Morgan fingerprint density at radius 2 is 2.00 bits per heavy atom. The van der Waals surface area contributed by atoms with Gasteiger partial charge in [0.15, 0.2) is 6.29 Å². The molecule has 1 rings (SSSR count). The molecule has 0 aliphatic carbocycles. The molecule has 0 aromatic rings. The molecule has 1 fully saturated rings. The Morgan fingerprint density at radius 3 is 2.56 bits per heavy atom. The van der Waals surface area contributed by atoms with Gasteiger partial charge in [-0.05, 0) is 0 Å². The molecule has 0 saturated carbocycles. The van der Waals surface area contributed by atoms with Gasteiger partial charge in [0.05, 0.1) is 6.61 Å². The van der Waals surface area contributed by atoms with Crippen molar-refractivity contribution in [1.29, 1.82) is 0 Å². The van der Waals surface area contributed by atoms with Crippen LogP contribution in [0.5, 0.6) is 0 Å². The first-order valence-corrected chi connectivity index (χ1v) is 5.54. The standard InChI is InChI=1S/C11H17NO6/c1-2-3-4-7(14)12-8-10(16)9(15)6(5-13)18-11(8)17/h1,6,8-11,13,15-17H,3-5H2,(H,12,14)/t6?,8?,9-,10-,11-/m1/s1. The Balaban J connectivity index is 2.60. The first kappa shape index (κ1) is 14.9. The second-order valence-electron chi connectivity index (χ2n) is 4.03. The number of amides is 1. The van der Waals surface area contributed by atoms with E-state index in [2.05, 4.69) is 11.2 Å². The SMILES string of the molecule is C#CCCC(=O)NC1[C@H](O)OC(CO)[C@@H](O)[C@@H]1O. The number of carbonyl (C=O) groups is 1. The summed E-state index contributed by atoms with van der Waals surface area (Å²) in [6, 6.07) is -1.16. The van der Waals surface area contributed by atoms with Crippen molar-refractivity contribution in [3.63, 3.8) is 0 Å². The molecule has 0 bridgehead atoms. The van der Waals surface area contributed by atoms with Crippen LogP contribution in [0.1, 0.15) is 12.8 Å². The lowest BCUT2D eigenvalue weighted by atomic mass is 9.97. The summed E-state index contributed by atoms with van der Waals surface area (Å²) in [6.07, 6.45) is -0.137. The van der Waals surface area contributed by atoms with Crippen molar-refractivity contribution in [2.45, 2.75) is 43.5 Å². The summed E-state index contributed by atoms with van der Waals surface area (Å²) in [5.41, 5.74) is 0. The van der Waals surface area contributed by atoms with Crippen molar-refractivity contribution < 1.29 is 30.0 Å². The summed E-state index contributed by atoms with van der Waals surface area (Å²) in [5.74, 6) is 1.82. The monoisotopic (exact) mass is 259 g/mol. The average molecular weight is 259 g/mol. The van der Waals surface area contributed by atoms with E-state index in [1.807, 2.05) is 0 Å². The van der Waals surface area contributed by atoms with Crippen LogP contribution in [0.3, 0.4) is 0 Å². The van der Waals surface area contributed by atoms with Crippen LogP contribution in [0.4, 0.5) is 0 Å². The molecule has 7 nitrogen and oxygen atoms in total. The van der Waals surface area contributed by atoms with E-state index >= 15 is 0 Å². The summed E-state index contributed by atoms with van der Waals surface area (Å²) < 4.78 is 4.88. The number of carbonyl (C=O) groups excluding carboxylic acids is 1. The van der Waals surface area contributed by atoms with Gasteiger partial charge in [-0.2, -0.15) is 0 Å². The number of rotatable bonds is 4. The number of hydrogen-bond acceptors (Lipinski definition) is 6. The van der Waals surface area contributed by atoms with Crippen molar-refractivity contribution in [3.8, 4) is 12.3 Å². The lowest BCUT2D eigenvalue weighted by Crippen LogP contribution is -2.64. The quantitative estimate of drug-likeness (QED) is 0.351. The molecule has 102 valence electrons. The molecular weight excluding hydrogens is 242 g/mol. The topological polar surface area (TPSA) is 119 Å². The van der Waals surface area contributed by atoms with Crippen molar-refractivity contribution in [2.24, 2.45) is 0 Å². The third kappa shape index (κ3) is 3.41. The molecule has 1 heterocycles. The van der Waals surface area contributed by atoms with Crippen molar-refractivity contribution in [1.82, 2.24) is 5.32 Å². The summed E-state index contributed by atoms with van der Waals surface area (Å²) in [7, 11) is 0. The van der Waals surface area contributed by atoms with Gasteiger partial charge in [-0.1, -0.05) is 0 Å². The summed E-state index contributed by atoms with van der Waals surface area (Å²) in [6.45, 7) is -0.549. The van der Waals surface area contributed by atoms with Gasteiger partial charge in [0.25, 0.3) is 0 Å². The zero-order valence-corrected chi connectivity index (χ0v) is 9.69. The zero-order valence-electron chi connectivity index (χ0n) is 9.69. The molecule has 1 saturated heterocycles. The number of ether oxygens (including phenoxy) is 1. The Bertz CT molecular complexity index is 328. The highest BCUT2D eigenvalue weighted by Gasteiger charge is 2.44. The molecule has 7 heteroatoms. The number of aliphatic hydroxyl groups excluding tert-OH is 4. The third-order valence-corrected chi connectivity index (χ3v) is 2.72. The molecule has 2 unspecified atom stereocenters. The van der Waals surface area contributed by atoms with E-state index in [0.717, 1.165) is 0 Å². The Morgan fingerprint density at radius 1 is 1.33 bits per heavy atom. The maximum atomic E-state index is 11.4. The molecule has 0 aromatic carbocycles. The minimum atomic E-state index is -1.50. The van der Waals surface area contributed by atoms with Crippen LogP contribution in [-0.2, 0) is 9.53 Å². The molecular formula is C11H17NO6. The lowest BCUT2D eigenvalue weighted by molar-refractivity contribution is -0.253.